The summed E-state index contributed by atoms with van der Waals surface area (Å²) in [5.41, 5.74) is 7.90. The molecule has 3 atom stereocenters. The van der Waals surface area contributed by atoms with Crippen LogP contribution >= 0.6 is 0 Å². The monoisotopic (exact) mass is 777 g/mol. The second kappa shape index (κ2) is 24.4. The summed E-state index contributed by atoms with van der Waals surface area (Å²) in [7, 11) is 1.43. The van der Waals surface area contributed by atoms with Gasteiger partial charge in [-0.15, -0.1) is 0 Å². The molecule has 3 unspecified atom stereocenters. The molecular weight excluding hydrogens is 718 g/mol. The van der Waals surface area contributed by atoms with Gasteiger partial charge in [0, 0.05) is 32.9 Å². The fourth-order valence-electron chi connectivity index (χ4n) is 5.95. The lowest BCUT2D eigenvalue weighted by Crippen LogP contribution is -2.52. The Morgan fingerprint density at radius 2 is 1.52 bits per heavy atom. The molecule has 2 aliphatic heterocycles. The van der Waals surface area contributed by atoms with Gasteiger partial charge in [0.1, 0.15) is 18.2 Å². The van der Waals surface area contributed by atoms with Crippen LogP contribution < -0.4 is 32.3 Å². The molecule has 15 heteroatoms. The standard InChI is InChI=1S/C37H48N6O8.C4H11N/c1-3-4-5-6-7-14-31(45)38-16-15-32(46)39-22-34(48)43(2)35-27-13-9-12-26(19-27)25-11-8-10-24(17-25)18-28(42-33(47)21-41-37(35)50)36(49)40-20-29(44)30-23-51-30;1-2-3-4-5/h8-13,17,19,28,30,35H,3-7,14-16,18,20-23H2,1-2H3,(H,38,45)(H,39,46)(H,40,49)(H,41,50)(H,42,47);2-5H2,1H3. The lowest BCUT2D eigenvalue weighted by Gasteiger charge is -2.28. The Bertz CT molecular complexity index is 1640. The molecule has 1 fully saturated rings. The highest BCUT2D eigenvalue weighted by Crippen LogP contribution is 2.27. The fourth-order valence-corrected chi connectivity index (χ4v) is 5.95. The second-order valence-corrected chi connectivity index (χ2v) is 14.0. The minimum absolute atomic E-state index is 0.0109. The molecule has 1 saturated heterocycles. The topological polar surface area (TPSA) is 221 Å². The number of ketones is 1. The van der Waals surface area contributed by atoms with Gasteiger partial charge >= 0.3 is 0 Å². The van der Waals surface area contributed by atoms with Gasteiger partial charge in [0.2, 0.25) is 35.4 Å². The van der Waals surface area contributed by atoms with Crippen LogP contribution in [0.5, 0.6) is 0 Å². The molecule has 2 heterocycles. The Hall–Kier alpha value is -5.15. The van der Waals surface area contributed by atoms with Crippen LogP contribution in [0.4, 0.5) is 0 Å². The first kappa shape index (κ1) is 45.2. The van der Waals surface area contributed by atoms with Gasteiger partial charge < -0.3 is 42.0 Å². The highest BCUT2D eigenvalue weighted by atomic mass is 16.6. The number of rotatable bonds is 18. The van der Waals surface area contributed by atoms with E-state index in [9.17, 15) is 33.6 Å². The Balaban J connectivity index is 0.00000158. The van der Waals surface area contributed by atoms with Gasteiger partial charge in [0.25, 0.3) is 0 Å². The molecule has 7 N–H and O–H groups in total. The van der Waals surface area contributed by atoms with Crippen molar-refractivity contribution in [2.75, 3.05) is 46.4 Å². The molecule has 0 aromatic heterocycles. The number of nitrogens with zero attached hydrogens (tertiary/aromatic N) is 1. The van der Waals surface area contributed by atoms with Crippen molar-refractivity contribution in [2.24, 2.45) is 5.73 Å². The molecular formula is C41H59N7O8. The van der Waals surface area contributed by atoms with E-state index >= 15 is 0 Å². The van der Waals surface area contributed by atoms with Gasteiger partial charge in [-0.1, -0.05) is 88.4 Å². The van der Waals surface area contributed by atoms with Gasteiger partial charge in [0.15, 0.2) is 5.78 Å². The van der Waals surface area contributed by atoms with Crippen LogP contribution in [-0.4, -0.2) is 105 Å². The molecule has 2 aromatic carbocycles. The molecule has 56 heavy (non-hydrogen) atoms. The van der Waals surface area contributed by atoms with Crippen LogP contribution in [0.25, 0.3) is 11.1 Å². The number of epoxide rings is 1. The van der Waals surface area contributed by atoms with E-state index in [-0.39, 0.29) is 37.6 Å². The van der Waals surface area contributed by atoms with Gasteiger partial charge in [0.05, 0.1) is 26.2 Å². The maximum Gasteiger partial charge on any atom is 0.247 e. The van der Waals surface area contributed by atoms with Gasteiger partial charge in [-0.25, -0.2) is 0 Å². The second-order valence-electron chi connectivity index (χ2n) is 14.0. The van der Waals surface area contributed by atoms with Crippen LogP contribution in [0, 0.1) is 0 Å². The minimum atomic E-state index is -1.17. The number of nitrogens with one attached hydrogen (secondary N) is 5. The number of Topliss-reactive ketones (excluding diaryl/α,β-unsaturated/α-hetero) is 1. The molecule has 306 valence electrons. The first-order chi connectivity index (χ1) is 27.0. The zero-order valence-corrected chi connectivity index (χ0v) is 33.0. The van der Waals surface area contributed by atoms with Crippen molar-refractivity contribution in [3.05, 3.63) is 59.7 Å². The number of amides is 6. The molecule has 4 bridgehead atoms. The maximum absolute atomic E-state index is 13.6. The normalized spacial score (nSPS) is 17.4. The van der Waals surface area contributed by atoms with Crippen LogP contribution in [-0.2, 0) is 44.7 Å². The predicted octanol–water partition coefficient (Wildman–Crippen LogP) is 1.82. The smallest absolute Gasteiger partial charge is 0.247 e. The Morgan fingerprint density at radius 3 is 2.20 bits per heavy atom. The number of nitrogens with two attached hydrogens (primary N) is 1. The van der Waals surface area contributed by atoms with Gasteiger partial charge in [-0.3, -0.25) is 33.6 Å². The van der Waals surface area contributed by atoms with E-state index in [1.54, 1.807) is 18.2 Å². The molecule has 15 nitrogen and oxygen atoms in total. The number of carbonyl (C=O) groups excluding carboxylic acids is 7. The van der Waals surface area contributed by atoms with Crippen molar-refractivity contribution in [3.8, 4) is 11.1 Å². The largest absolute Gasteiger partial charge is 0.365 e. The van der Waals surface area contributed by atoms with E-state index in [0.717, 1.165) is 55.3 Å². The summed E-state index contributed by atoms with van der Waals surface area (Å²) in [4.78, 5) is 90.9. The van der Waals surface area contributed by atoms with E-state index in [1.807, 2.05) is 30.3 Å². The number of hydrogen-bond donors (Lipinski definition) is 6. The van der Waals surface area contributed by atoms with Crippen molar-refractivity contribution in [1.29, 1.82) is 0 Å². The Kier molecular flexibility index (Phi) is 19.7. The summed E-state index contributed by atoms with van der Waals surface area (Å²) in [5, 5.41) is 13.1. The summed E-state index contributed by atoms with van der Waals surface area (Å²) in [6.07, 6.45) is 7.53. The van der Waals surface area contributed by atoms with Crippen molar-refractivity contribution in [1.82, 2.24) is 31.5 Å². The van der Waals surface area contributed by atoms with Crippen molar-refractivity contribution in [2.45, 2.75) is 96.2 Å². The fraction of sp³-hybridized carbons (Fsp3) is 0.537. The predicted molar refractivity (Wildman–Crippen MR) is 212 cm³/mol. The maximum atomic E-state index is 13.6. The van der Waals surface area contributed by atoms with Crippen molar-refractivity contribution in [3.63, 3.8) is 0 Å². The van der Waals surface area contributed by atoms with Crippen LogP contribution in [0.15, 0.2) is 48.5 Å². The van der Waals surface area contributed by atoms with E-state index in [1.165, 1.54) is 24.8 Å². The molecule has 0 spiro atoms. The molecule has 2 aromatic rings. The zero-order chi connectivity index (χ0) is 40.9. The van der Waals surface area contributed by atoms with Gasteiger partial charge in [-0.05, 0) is 47.7 Å². The number of carbonyl (C=O) groups is 7. The SMILES string of the molecule is CCCCCCCC(=O)NCCC(=O)NCC(=O)N(C)C1C(=O)NCC(=O)NC(C(=O)NCC(=O)C2CO2)Cc2cccc(c2)-c2cccc1c2.CCCCN. The molecule has 0 aliphatic carbocycles. The van der Waals surface area contributed by atoms with Crippen LogP contribution in [0.3, 0.4) is 0 Å². The summed E-state index contributed by atoms with van der Waals surface area (Å²) < 4.78 is 4.97. The lowest BCUT2D eigenvalue weighted by atomic mass is 9.95. The third-order valence-corrected chi connectivity index (χ3v) is 9.31. The summed E-state index contributed by atoms with van der Waals surface area (Å²) >= 11 is 0. The number of hydrogen-bond acceptors (Lipinski definition) is 9. The van der Waals surface area contributed by atoms with E-state index in [0.29, 0.717) is 18.6 Å². The van der Waals surface area contributed by atoms with Gasteiger partial charge in [-0.2, -0.15) is 0 Å². The number of unbranched alkanes of at least 4 members (excludes halogenated alkanes) is 5. The lowest BCUT2D eigenvalue weighted by molar-refractivity contribution is -0.140. The number of likely N-dealkylation sites (N-methyl/N-ethyl adjacent to an activating group) is 1. The van der Waals surface area contributed by atoms with Crippen molar-refractivity contribution < 1.29 is 38.3 Å². The quantitative estimate of drug-likeness (QED) is 0.0959. The Morgan fingerprint density at radius 1 is 0.839 bits per heavy atom. The van der Waals surface area contributed by atoms with E-state index in [2.05, 4.69) is 40.4 Å². The number of benzene rings is 2. The summed E-state index contributed by atoms with van der Waals surface area (Å²) in [5.74, 6) is -3.23. The first-order valence-electron chi connectivity index (χ1n) is 19.6. The van der Waals surface area contributed by atoms with Crippen LogP contribution in [0.1, 0.15) is 88.8 Å². The first-order valence-corrected chi connectivity index (χ1v) is 19.6. The molecule has 6 amide bonds. The van der Waals surface area contributed by atoms with Crippen molar-refractivity contribution >= 4 is 41.2 Å². The third-order valence-electron chi connectivity index (χ3n) is 9.31. The molecule has 0 saturated carbocycles. The zero-order valence-electron chi connectivity index (χ0n) is 33.0. The average molecular weight is 778 g/mol. The summed E-state index contributed by atoms with van der Waals surface area (Å²) in [6, 6.07) is 12.3. The van der Waals surface area contributed by atoms with E-state index in [4.69, 9.17) is 10.5 Å². The molecule has 0 radical (unpaired) electrons. The van der Waals surface area contributed by atoms with Crippen LogP contribution in [0.2, 0.25) is 0 Å². The molecule has 4 rings (SSSR count). The Labute approximate surface area is 329 Å². The summed E-state index contributed by atoms with van der Waals surface area (Å²) in [6.45, 7) is 4.44. The number of fused-ring (bicyclic) bond motifs is 5. The van der Waals surface area contributed by atoms with E-state index < -0.39 is 60.8 Å². The molecule has 2 aliphatic rings. The number of ether oxygens (including phenoxy) is 1. The average Bonchev–Trinajstić information content (AvgIpc) is 4.04. The highest BCUT2D eigenvalue weighted by molar-refractivity contribution is 5.95. The third kappa shape index (κ3) is 15.9. The highest BCUT2D eigenvalue weighted by Gasteiger charge is 2.33. The minimum Gasteiger partial charge on any atom is -0.365 e.